The Morgan fingerprint density at radius 2 is 1.62 bits per heavy atom. The van der Waals surface area contributed by atoms with Crippen LogP contribution in [0.15, 0.2) is 72.8 Å². The predicted octanol–water partition coefficient (Wildman–Crippen LogP) is 5.97. The van der Waals surface area contributed by atoms with Crippen LogP contribution in [0.2, 0.25) is 5.02 Å². The average molecular weight is 521 g/mol. The van der Waals surface area contributed by atoms with Crippen LogP contribution in [-0.2, 0) is 14.4 Å². The van der Waals surface area contributed by atoms with Crippen LogP contribution in [0.5, 0.6) is 11.5 Å². The lowest BCUT2D eigenvalue weighted by Gasteiger charge is -2.29. The third kappa shape index (κ3) is 4.77. The van der Waals surface area contributed by atoms with Crippen LogP contribution in [0, 0.1) is 5.92 Å². The van der Waals surface area contributed by atoms with E-state index < -0.39 is 24.0 Å². The van der Waals surface area contributed by atoms with Gasteiger partial charge in [-0.25, -0.2) is 9.96 Å². The van der Waals surface area contributed by atoms with E-state index in [1.807, 2.05) is 55.5 Å². The number of carbonyl (C=O) groups is 2. The van der Waals surface area contributed by atoms with Crippen molar-refractivity contribution in [2.75, 3.05) is 23.2 Å². The van der Waals surface area contributed by atoms with E-state index in [2.05, 4.69) is 6.92 Å². The van der Waals surface area contributed by atoms with Gasteiger partial charge in [-0.2, -0.15) is 0 Å². The number of rotatable bonds is 9. The van der Waals surface area contributed by atoms with Crippen molar-refractivity contribution >= 4 is 34.8 Å². The second-order valence-electron chi connectivity index (χ2n) is 8.99. The maximum atomic E-state index is 13.8. The Morgan fingerprint density at radius 3 is 2.32 bits per heavy atom. The Bertz CT molecular complexity index is 1270. The highest BCUT2D eigenvalue weighted by molar-refractivity contribution is 6.31. The van der Waals surface area contributed by atoms with Crippen molar-refractivity contribution in [2.24, 2.45) is 5.92 Å². The van der Waals surface area contributed by atoms with Gasteiger partial charge in [-0.15, -0.1) is 0 Å². The van der Waals surface area contributed by atoms with E-state index in [0.29, 0.717) is 35.4 Å². The largest absolute Gasteiger partial charge is 0.490 e. The van der Waals surface area contributed by atoms with Gasteiger partial charge in [0, 0.05) is 5.02 Å². The van der Waals surface area contributed by atoms with Crippen molar-refractivity contribution in [1.82, 2.24) is 0 Å². The second kappa shape index (κ2) is 10.8. The monoisotopic (exact) mass is 520 g/mol. The number of hydrogen-bond acceptors (Lipinski definition) is 6. The zero-order valence-electron chi connectivity index (χ0n) is 20.8. The molecule has 7 nitrogen and oxygen atoms in total. The number of ether oxygens (including phenoxy) is 2. The lowest BCUT2D eigenvalue weighted by molar-refractivity contribution is -0.126. The smallest absolute Gasteiger partial charge is 0.266 e. The van der Waals surface area contributed by atoms with Gasteiger partial charge in [0.25, 0.3) is 5.91 Å². The van der Waals surface area contributed by atoms with Crippen molar-refractivity contribution in [3.63, 3.8) is 0 Å². The first-order valence-corrected chi connectivity index (χ1v) is 12.9. The number of hydrogen-bond donors (Lipinski definition) is 0. The summed E-state index contributed by atoms with van der Waals surface area (Å²) in [6.07, 6.45) is 1.01. The zero-order chi connectivity index (χ0) is 25.9. The third-order valence-corrected chi connectivity index (χ3v) is 6.83. The fourth-order valence-electron chi connectivity index (χ4n) is 4.82. The summed E-state index contributed by atoms with van der Waals surface area (Å²) in [7, 11) is 0. The highest BCUT2D eigenvalue weighted by atomic mass is 35.5. The number of benzene rings is 3. The first-order valence-electron chi connectivity index (χ1n) is 12.6. The van der Waals surface area contributed by atoms with Gasteiger partial charge in [0.1, 0.15) is 5.92 Å². The molecule has 3 atom stereocenters. The molecule has 2 aliphatic heterocycles. The first kappa shape index (κ1) is 25.1. The summed E-state index contributed by atoms with van der Waals surface area (Å²) in [6.45, 7) is 5.08. The van der Waals surface area contributed by atoms with E-state index in [4.69, 9.17) is 25.9 Å². The summed E-state index contributed by atoms with van der Waals surface area (Å²) >= 11 is 6.03. The summed E-state index contributed by atoms with van der Waals surface area (Å²) in [6, 6.07) is 21.2. The molecule has 0 N–H and O–H groups in total. The van der Waals surface area contributed by atoms with Crippen LogP contribution >= 0.6 is 11.6 Å². The lowest BCUT2D eigenvalue weighted by Crippen LogP contribution is -2.37. The third-order valence-electron chi connectivity index (χ3n) is 6.58. The highest BCUT2D eigenvalue weighted by Gasteiger charge is 2.60. The van der Waals surface area contributed by atoms with Gasteiger partial charge in [0.15, 0.2) is 17.6 Å². The molecule has 0 bridgehead atoms. The highest BCUT2D eigenvalue weighted by Crippen LogP contribution is 2.48. The summed E-state index contributed by atoms with van der Waals surface area (Å²) < 4.78 is 11.9. The van der Waals surface area contributed by atoms with Crippen LogP contribution in [-0.4, -0.2) is 31.1 Å². The Labute approximate surface area is 221 Å². The molecular formula is C29H29ClN2O5. The van der Waals surface area contributed by atoms with Crippen molar-refractivity contribution in [3.05, 3.63) is 83.4 Å². The molecule has 2 aliphatic rings. The fourth-order valence-corrected chi connectivity index (χ4v) is 4.95. The van der Waals surface area contributed by atoms with E-state index in [9.17, 15) is 9.59 Å². The molecule has 2 heterocycles. The lowest BCUT2D eigenvalue weighted by atomic mass is 9.90. The quantitative estimate of drug-likeness (QED) is 0.256. The molecular weight excluding hydrogens is 492 g/mol. The number of halogens is 1. The summed E-state index contributed by atoms with van der Waals surface area (Å²) in [5, 5.41) is 2.20. The molecule has 0 spiro atoms. The van der Waals surface area contributed by atoms with Crippen molar-refractivity contribution in [3.8, 4) is 11.5 Å². The molecule has 0 saturated carbocycles. The van der Waals surface area contributed by atoms with Gasteiger partial charge < -0.3 is 9.47 Å². The number of imide groups is 1. The number of anilines is 2. The molecule has 5 rings (SSSR count). The number of para-hydroxylation sites is 1. The van der Waals surface area contributed by atoms with Gasteiger partial charge in [0.2, 0.25) is 5.91 Å². The van der Waals surface area contributed by atoms with Crippen molar-refractivity contribution in [2.45, 2.75) is 38.8 Å². The molecule has 0 radical (unpaired) electrons. The van der Waals surface area contributed by atoms with Crippen molar-refractivity contribution in [1.29, 1.82) is 0 Å². The van der Waals surface area contributed by atoms with Crippen LogP contribution < -0.4 is 19.4 Å². The fraction of sp³-hybridized carbons (Fsp3) is 0.310. The number of carbonyl (C=O) groups excluding carboxylic acids is 2. The van der Waals surface area contributed by atoms with Gasteiger partial charge in [-0.1, -0.05) is 49.2 Å². The standard InChI is InChI=1S/C29H29ClN2O5/c1-3-5-17-36-23-16-11-19(18-24(23)35-4-2)26-25-27(37-32(26)22-9-7-6-8-10-22)29(34)31(28(25)33)21-14-12-20(30)13-15-21/h6-16,18,25-27H,3-5,17H2,1-2H3/t25-,26-,27-/m0/s1. The minimum Gasteiger partial charge on any atom is -0.490 e. The number of hydroxylamine groups is 1. The van der Waals surface area contributed by atoms with Gasteiger partial charge in [0.05, 0.1) is 30.6 Å². The summed E-state index contributed by atoms with van der Waals surface area (Å²) in [5.74, 6) is -0.215. The molecule has 192 valence electrons. The van der Waals surface area contributed by atoms with E-state index in [1.54, 1.807) is 29.3 Å². The van der Waals surface area contributed by atoms with E-state index in [-0.39, 0.29) is 5.91 Å². The Hall–Kier alpha value is -3.55. The van der Waals surface area contributed by atoms with E-state index in [1.165, 1.54) is 4.90 Å². The number of nitrogens with zero attached hydrogens (tertiary/aromatic N) is 2. The van der Waals surface area contributed by atoms with E-state index in [0.717, 1.165) is 24.1 Å². The predicted molar refractivity (Wildman–Crippen MR) is 142 cm³/mol. The van der Waals surface area contributed by atoms with Gasteiger partial charge >= 0.3 is 0 Å². The Kier molecular flexibility index (Phi) is 7.35. The van der Waals surface area contributed by atoms with Crippen LogP contribution in [0.1, 0.15) is 38.3 Å². The minimum absolute atomic E-state index is 0.318. The molecule has 3 aromatic rings. The average Bonchev–Trinajstić information content (AvgIpc) is 3.42. The molecule has 3 aromatic carbocycles. The van der Waals surface area contributed by atoms with E-state index >= 15 is 0 Å². The molecule has 37 heavy (non-hydrogen) atoms. The van der Waals surface area contributed by atoms with Gasteiger partial charge in [-0.05, 0) is 67.4 Å². The zero-order valence-corrected chi connectivity index (χ0v) is 21.6. The molecule has 2 saturated heterocycles. The second-order valence-corrected chi connectivity index (χ2v) is 9.42. The molecule has 0 unspecified atom stereocenters. The molecule has 2 amide bonds. The number of fused-ring (bicyclic) bond motifs is 1. The van der Waals surface area contributed by atoms with Crippen LogP contribution in [0.25, 0.3) is 0 Å². The summed E-state index contributed by atoms with van der Waals surface area (Å²) in [5.41, 5.74) is 2.01. The first-order chi connectivity index (χ1) is 18.0. The Morgan fingerprint density at radius 1 is 0.865 bits per heavy atom. The minimum atomic E-state index is -0.954. The van der Waals surface area contributed by atoms with Crippen LogP contribution in [0.3, 0.4) is 0 Å². The summed E-state index contributed by atoms with van der Waals surface area (Å²) in [4.78, 5) is 34.7. The van der Waals surface area contributed by atoms with Gasteiger partial charge in [-0.3, -0.25) is 14.4 Å². The molecule has 2 fully saturated rings. The Balaban J connectivity index is 1.55. The molecule has 0 aliphatic carbocycles. The van der Waals surface area contributed by atoms with Crippen LogP contribution in [0.4, 0.5) is 11.4 Å². The number of unbranched alkanes of at least 4 members (excludes halogenated alkanes) is 1. The van der Waals surface area contributed by atoms with Crippen molar-refractivity contribution < 1.29 is 23.9 Å². The maximum Gasteiger partial charge on any atom is 0.266 e. The molecule has 0 aromatic heterocycles. The normalized spacial score (nSPS) is 20.9. The molecule has 8 heteroatoms. The maximum absolute atomic E-state index is 13.8. The number of amides is 2. The topological polar surface area (TPSA) is 68.3 Å². The SMILES string of the molecule is CCCCOc1ccc([C@H]2[C@@H]3C(=O)N(c4ccc(Cl)cc4)C(=O)[C@H]3ON2c2ccccc2)cc1OCC.